The molecule has 7 heteroatoms. The Bertz CT molecular complexity index is 691. The topological polar surface area (TPSA) is 86.8 Å². The minimum Gasteiger partial charge on any atom is -0.372 e. The number of aryl methyl sites for hydroxylation is 2. The summed E-state index contributed by atoms with van der Waals surface area (Å²) in [5.41, 5.74) is 3.70. The summed E-state index contributed by atoms with van der Waals surface area (Å²) in [6.07, 6.45) is 5.74. The van der Waals surface area contributed by atoms with Gasteiger partial charge in [0, 0.05) is 24.8 Å². The molecule has 122 valence electrons. The first-order valence-electron chi connectivity index (χ1n) is 7.89. The van der Waals surface area contributed by atoms with Crippen molar-refractivity contribution in [2.75, 3.05) is 18.9 Å². The molecular weight excluding hydrogens is 292 g/mol. The molecule has 2 aromatic rings. The average Bonchev–Trinajstić information content (AvgIpc) is 3.17. The summed E-state index contributed by atoms with van der Waals surface area (Å²) in [5.74, 6) is 0.847. The lowest BCUT2D eigenvalue weighted by molar-refractivity contribution is -0.131. The van der Waals surface area contributed by atoms with Crippen LogP contribution in [0.15, 0.2) is 12.4 Å². The Balaban J connectivity index is 1.79. The van der Waals surface area contributed by atoms with Crippen LogP contribution >= 0.6 is 0 Å². The highest BCUT2D eigenvalue weighted by molar-refractivity contribution is 5.80. The maximum absolute atomic E-state index is 12.8. The summed E-state index contributed by atoms with van der Waals surface area (Å²) in [5, 5.41) is 10.1. The van der Waals surface area contributed by atoms with Crippen LogP contribution in [-0.2, 0) is 11.2 Å². The molecule has 0 aromatic carbocycles. The minimum atomic E-state index is 0.0100. The van der Waals surface area contributed by atoms with Crippen LogP contribution in [0.2, 0.25) is 0 Å². The van der Waals surface area contributed by atoms with E-state index >= 15 is 0 Å². The van der Waals surface area contributed by atoms with Gasteiger partial charge in [-0.25, -0.2) is 4.98 Å². The second-order valence-electron chi connectivity index (χ2n) is 5.91. The number of carbonyl (C=O) groups is 1. The third kappa shape index (κ3) is 3.04. The van der Waals surface area contributed by atoms with E-state index in [4.69, 9.17) is 0 Å². The summed E-state index contributed by atoms with van der Waals surface area (Å²) in [7, 11) is 1.82. The van der Waals surface area contributed by atoms with Gasteiger partial charge in [0.05, 0.1) is 36.2 Å². The second kappa shape index (κ2) is 6.36. The van der Waals surface area contributed by atoms with Crippen LogP contribution in [-0.4, -0.2) is 44.6 Å². The molecule has 0 aliphatic carbocycles. The first-order chi connectivity index (χ1) is 11.1. The lowest BCUT2D eigenvalue weighted by atomic mass is 10.1. The van der Waals surface area contributed by atoms with E-state index in [0.29, 0.717) is 6.42 Å². The van der Waals surface area contributed by atoms with Crippen molar-refractivity contribution in [1.82, 2.24) is 25.1 Å². The molecule has 3 heterocycles. The quantitative estimate of drug-likeness (QED) is 0.898. The fraction of sp³-hybridized carbons (Fsp3) is 0.500. The molecule has 2 aromatic heterocycles. The van der Waals surface area contributed by atoms with Gasteiger partial charge in [-0.15, -0.1) is 0 Å². The summed E-state index contributed by atoms with van der Waals surface area (Å²) in [4.78, 5) is 23.5. The van der Waals surface area contributed by atoms with Gasteiger partial charge in [0.25, 0.3) is 0 Å². The summed E-state index contributed by atoms with van der Waals surface area (Å²) in [6, 6.07) is 0.0100. The van der Waals surface area contributed by atoms with Gasteiger partial charge >= 0.3 is 0 Å². The van der Waals surface area contributed by atoms with Crippen LogP contribution in [0.1, 0.15) is 41.5 Å². The van der Waals surface area contributed by atoms with Crippen LogP contribution in [0.3, 0.4) is 0 Å². The summed E-state index contributed by atoms with van der Waals surface area (Å²) < 4.78 is 0. The van der Waals surface area contributed by atoms with Crippen molar-refractivity contribution in [2.45, 2.75) is 39.2 Å². The van der Waals surface area contributed by atoms with Crippen molar-refractivity contribution in [3.8, 4) is 0 Å². The highest BCUT2D eigenvalue weighted by atomic mass is 16.2. The molecule has 23 heavy (non-hydrogen) atoms. The van der Waals surface area contributed by atoms with Gasteiger partial charge in [-0.2, -0.15) is 5.10 Å². The third-order valence-corrected chi connectivity index (χ3v) is 4.43. The number of anilines is 1. The number of hydrogen-bond acceptors (Lipinski definition) is 5. The van der Waals surface area contributed by atoms with Crippen molar-refractivity contribution in [3.63, 3.8) is 0 Å². The Morgan fingerprint density at radius 3 is 2.96 bits per heavy atom. The van der Waals surface area contributed by atoms with E-state index < -0.39 is 0 Å². The lowest BCUT2D eigenvalue weighted by Gasteiger charge is -2.24. The largest absolute Gasteiger partial charge is 0.372 e. The van der Waals surface area contributed by atoms with Crippen LogP contribution < -0.4 is 5.32 Å². The zero-order valence-electron chi connectivity index (χ0n) is 13.8. The molecule has 0 bridgehead atoms. The molecule has 1 aliphatic rings. The molecule has 1 aliphatic heterocycles. The van der Waals surface area contributed by atoms with E-state index in [2.05, 4.69) is 25.5 Å². The molecule has 7 nitrogen and oxygen atoms in total. The molecule has 1 atom stereocenters. The second-order valence-corrected chi connectivity index (χ2v) is 5.91. The van der Waals surface area contributed by atoms with Gasteiger partial charge < -0.3 is 10.2 Å². The SMILES string of the molecule is CNc1cncc([C@@H]2CCCN2C(=O)Cc2c(C)n[nH]c2C)n1. The predicted molar refractivity (Wildman–Crippen MR) is 87.0 cm³/mol. The van der Waals surface area contributed by atoms with Gasteiger partial charge in [-0.1, -0.05) is 0 Å². The normalized spacial score (nSPS) is 17.5. The standard InChI is InChI=1S/C16H22N6O/c1-10-12(11(2)21-20-10)7-16(23)22-6-4-5-14(22)13-8-18-9-15(17-3)19-13/h8-9,14H,4-7H2,1-3H3,(H,17,19)(H,20,21)/t14-/m0/s1. The number of rotatable bonds is 4. The molecule has 0 saturated carbocycles. The number of hydrogen-bond donors (Lipinski definition) is 2. The number of likely N-dealkylation sites (tertiary alicyclic amines) is 1. The molecule has 0 radical (unpaired) electrons. The maximum Gasteiger partial charge on any atom is 0.227 e. The molecule has 1 saturated heterocycles. The van der Waals surface area contributed by atoms with E-state index in [1.165, 1.54) is 0 Å². The van der Waals surface area contributed by atoms with Gasteiger partial charge in [-0.05, 0) is 26.7 Å². The molecule has 2 N–H and O–H groups in total. The van der Waals surface area contributed by atoms with Crippen molar-refractivity contribution in [1.29, 1.82) is 0 Å². The molecule has 3 rings (SSSR count). The number of aromatic amines is 1. The average molecular weight is 314 g/mol. The zero-order valence-corrected chi connectivity index (χ0v) is 13.8. The fourth-order valence-corrected chi connectivity index (χ4v) is 3.12. The van der Waals surface area contributed by atoms with E-state index in [1.54, 1.807) is 12.4 Å². The van der Waals surface area contributed by atoms with Crippen LogP contribution in [0.5, 0.6) is 0 Å². The number of aromatic nitrogens is 4. The van der Waals surface area contributed by atoms with E-state index in [0.717, 1.165) is 47.8 Å². The Hall–Kier alpha value is -2.44. The molecular formula is C16H22N6O. The highest BCUT2D eigenvalue weighted by Gasteiger charge is 2.31. The van der Waals surface area contributed by atoms with Crippen LogP contribution in [0, 0.1) is 13.8 Å². The summed E-state index contributed by atoms with van der Waals surface area (Å²) in [6.45, 7) is 4.65. The van der Waals surface area contributed by atoms with Crippen molar-refractivity contribution < 1.29 is 4.79 Å². The lowest BCUT2D eigenvalue weighted by Crippen LogP contribution is -2.32. The smallest absolute Gasteiger partial charge is 0.227 e. The van der Waals surface area contributed by atoms with Crippen LogP contribution in [0.4, 0.5) is 5.82 Å². The first-order valence-corrected chi connectivity index (χ1v) is 7.89. The number of carbonyl (C=O) groups excluding carboxylic acids is 1. The Morgan fingerprint density at radius 1 is 1.43 bits per heavy atom. The highest BCUT2D eigenvalue weighted by Crippen LogP contribution is 2.31. The Kier molecular flexibility index (Phi) is 4.27. The Morgan fingerprint density at radius 2 is 2.26 bits per heavy atom. The molecule has 1 fully saturated rings. The van der Waals surface area contributed by atoms with Crippen molar-refractivity contribution in [3.05, 3.63) is 35.0 Å². The van der Waals surface area contributed by atoms with Crippen molar-refractivity contribution in [2.24, 2.45) is 0 Å². The predicted octanol–water partition coefficient (Wildman–Crippen LogP) is 1.76. The van der Waals surface area contributed by atoms with Crippen LogP contribution in [0.25, 0.3) is 0 Å². The number of nitrogens with one attached hydrogen (secondary N) is 2. The fourth-order valence-electron chi connectivity index (χ4n) is 3.12. The third-order valence-electron chi connectivity index (χ3n) is 4.43. The van der Waals surface area contributed by atoms with Gasteiger partial charge in [-0.3, -0.25) is 14.9 Å². The summed E-state index contributed by atoms with van der Waals surface area (Å²) >= 11 is 0. The Labute approximate surface area is 135 Å². The van der Waals surface area contributed by atoms with Crippen molar-refractivity contribution >= 4 is 11.7 Å². The number of H-pyrrole nitrogens is 1. The first kappa shape index (κ1) is 15.5. The number of nitrogens with zero attached hydrogens (tertiary/aromatic N) is 4. The maximum atomic E-state index is 12.8. The number of amides is 1. The van der Waals surface area contributed by atoms with Gasteiger partial charge in [0.1, 0.15) is 5.82 Å². The van der Waals surface area contributed by atoms with E-state index in [1.807, 2.05) is 25.8 Å². The van der Waals surface area contributed by atoms with E-state index in [-0.39, 0.29) is 11.9 Å². The zero-order chi connectivity index (χ0) is 16.4. The van der Waals surface area contributed by atoms with E-state index in [9.17, 15) is 4.79 Å². The monoisotopic (exact) mass is 314 g/mol. The van der Waals surface area contributed by atoms with Gasteiger partial charge in [0.2, 0.25) is 5.91 Å². The van der Waals surface area contributed by atoms with Gasteiger partial charge in [0.15, 0.2) is 0 Å². The minimum absolute atomic E-state index is 0.0100. The molecule has 1 amide bonds. The molecule has 0 unspecified atom stereocenters. The molecule has 0 spiro atoms.